The summed E-state index contributed by atoms with van der Waals surface area (Å²) in [6, 6.07) is 0. The Bertz CT molecular complexity index is 265. The highest BCUT2D eigenvalue weighted by molar-refractivity contribution is 5.32. The van der Waals surface area contributed by atoms with Gasteiger partial charge in [-0.05, 0) is 12.6 Å². The summed E-state index contributed by atoms with van der Waals surface area (Å²) in [5.41, 5.74) is 1.29. The fraction of sp³-hybridized carbons (Fsp3) is 0.455. The molecule has 0 aromatic heterocycles. The van der Waals surface area contributed by atoms with Gasteiger partial charge in [-0.25, -0.2) is 0 Å². The SMILES string of the molecule is CN1CCOC=C2C=CC=CC2C1. The number of fused-ring (bicyclic) bond motifs is 1. The Morgan fingerprint density at radius 2 is 2.38 bits per heavy atom. The zero-order valence-electron chi connectivity index (χ0n) is 7.94. The van der Waals surface area contributed by atoms with Gasteiger partial charge in [-0.3, -0.25) is 0 Å². The molecule has 1 heterocycles. The topological polar surface area (TPSA) is 12.5 Å². The molecular weight excluding hydrogens is 162 g/mol. The van der Waals surface area contributed by atoms with E-state index in [4.69, 9.17) is 4.74 Å². The van der Waals surface area contributed by atoms with Crippen molar-refractivity contribution < 1.29 is 4.74 Å². The summed E-state index contributed by atoms with van der Waals surface area (Å²) in [7, 11) is 2.14. The third-order valence-electron chi connectivity index (χ3n) is 2.49. The molecule has 0 N–H and O–H groups in total. The Morgan fingerprint density at radius 1 is 1.46 bits per heavy atom. The fourth-order valence-electron chi connectivity index (χ4n) is 1.68. The summed E-state index contributed by atoms with van der Waals surface area (Å²) < 4.78 is 5.43. The van der Waals surface area contributed by atoms with Crippen LogP contribution in [0.25, 0.3) is 0 Å². The highest BCUT2D eigenvalue weighted by Crippen LogP contribution is 2.20. The third kappa shape index (κ3) is 2.01. The van der Waals surface area contributed by atoms with E-state index < -0.39 is 0 Å². The summed E-state index contributed by atoms with van der Waals surface area (Å²) in [6.45, 7) is 2.90. The van der Waals surface area contributed by atoms with Gasteiger partial charge in [0, 0.05) is 19.0 Å². The van der Waals surface area contributed by atoms with Crippen molar-refractivity contribution in [1.29, 1.82) is 0 Å². The molecule has 0 spiro atoms. The van der Waals surface area contributed by atoms with Gasteiger partial charge >= 0.3 is 0 Å². The van der Waals surface area contributed by atoms with E-state index in [2.05, 4.69) is 36.3 Å². The van der Waals surface area contributed by atoms with Crippen LogP contribution in [0.1, 0.15) is 0 Å². The van der Waals surface area contributed by atoms with Crippen LogP contribution in [0, 0.1) is 5.92 Å². The monoisotopic (exact) mass is 177 g/mol. The molecule has 0 aromatic rings. The lowest BCUT2D eigenvalue weighted by Crippen LogP contribution is -2.30. The zero-order chi connectivity index (χ0) is 9.10. The van der Waals surface area contributed by atoms with E-state index in [0.717, 1.165) is 19.7 Å². The lowest BCUT2D eigenvalue weighted by Gasteiger charge is -2.26. The number of rotatable bonds is 0. The Kier molecular flexibility index (Phi) is 2.50. The largest absolute Gasteiger partial charge is 0.500 e. The molecule has 2 nitrogen and oxygen atoms in total. The maximum atomic E-state index is 5.43. The van der Waals surface area contributed by atoms with Crippen LogP contribution in [0.3, 0.4) is 0 Å². The Labute approximate surface area is 79.2 Å². The van der Waals surface area contributed by atoms with Crippen LogP contribution in [0.5, 0.6) is 0 Å². The van der Waals surface area contributed by atoms with Crippen molar-refractivity contribution in [2.75, 3.05) is 26.7 Å². The van der Waals surface area contributed by atoms with E-state index in [0.29, 0.717) is 5.92 Å². The van der Waals surface area contributed by atoms with Crippen LogP contribution in [0.4, 0.5) is 0 Å². The molecule has 0 radical (unpaired) electrons. The molecule has 70 valence electrons. The van der Waals surface area contributed by atoms with Gasteiger partial charge in [0.2, 0.25) is 0 Å². The molecule has 0 saturated carbocycles. The Hall–Kier alpha value is -1.02. The number of nitrogens with zero attached hydrogens (tertiary/aromatic N) is 1. The van der Waals surface area contributed by atoms with Crippen LogP contribution < -0.4 is 0 Å². The molecule has 1 atom stereocenters. The molecule has 2 aliphatic rings. The van der Waals surface area contributed by atoms with Crippen LogP contribution in [-0.4, -0.2) is 31.6 Å². The molecule has 2 heteroatoms. The summed E-state index contributed by atoms with van der Waals surface area (Å²) in [5.74, 6) is 0.510. The zero-order valence-corrected chi connectivity index (χ0v) is 7.94. The molecule has 13 heavy (non-hydrogen) atoms. The molecule has 1 aliphatic heterocycles. The number of ether oxygens (including phenoxy) is 1. The highest BCUT2D eigenvalue weighted by Gasteiger charge is 2.15. The fourth-order valence-corrected chi connectivity index (χ4v) is 1.68. The van der Waals surface area contributed by atoms with Crippen molar-refractivity contribution in [3.8, 4) is 0 Å². The maximum Gasteiger partial charge on any atom is 0.1000 e. The van der Waals surface area contributed by atoms with Crippen LogP contribution in [0.2, 0.25) is 0 Å². The second kappa shape index (κ2) is 3.79. The van der Waals surface area contributed by atoms with Crippen molar-refractivity contribution in [3.05, 3.63) is 36.1 Å². The summed E-state index contributed by atoms with van der Waals surface area (Å²) >= 11 is 0. The molecule has 1 aliphatic carbocycles. The van der Waals surface area contributed by atoms with Gasteiger partial charge in [0.25, 0.3) is 0 Å². The molecule has 0 aromatic carbocycles. The van der Waals surface area contributed by atoms with Gasteiger partial charge in [-0.2, -0.15) is 0 Å². The molecule has 2 rings (SSSR count). The van der Waals surface area contributed by atoms with Gasteiger partial charge in [0.15, 0.2) is 0 Å². The van der Waals surface area contributed by atoms with Crippen LogP contribution in [0.15, 0.2) is 36.1 Å². The van der Waals surface area contributed by atoms with Gasteiger partial charge < -0.3 is 9.64 Å². The van der Waals surface area contributed by atoms with Gasteiger partial charge in [-0.1, -0.05) is 24.3 Å². The highest BCUT2D eigenvalue weighted by atomic mass is 16.5. The lowest BCUT2D eigenvalue weighted by molar-refractivity contribution is 0.177. The van der Waals surface area contributed by atoms with Crippen molar-refractivity contribution in [1.82, 2.24) is 4.90 Å². The normalized spacial score (nSPS) is 28.4. The summed E-state index contributed by atoms with van der Waals surface area (Å²) in [4.78, 5) is 2.31. The summed E-state index contributed by atoms with van der Waals surface area (Å²) in [5, 5.41) is 0. The van der Waals surface area contributed by atoms with Crippen molar-refractivity contribution >= 4 is 0 Å². The molecule has 1 unspecified atom stereocenters. The standard InChI is InChI=1S/C11H15NO/c1-12-6-7-13-9-11-5-3-2-4-10(11)8-12/h2-5,9-10H,6-8H2,1H3. The minimum absolute atomic E-state index is 0.510. The number of likely N-dealkylation sites (N-methyl/N-ethyl adjacent to an activating group) is 1. The molecular formula is C11H15NO. The summed E-state index contributed by atoms with van der Waals surface area (Å²) in [6.07, 6.45) is 10.4. The maximum absolute atomic E-state index is 5.43. The number of hydrogen-bond acceptors (Lipinski definition) is 2. The second-order valence-electron chi connectivity index (χ2n) is 3.60. The first kappa shape index (κ1) is 8.57. The minimum atomic E-state index is 0.510. The first-order valence-corrected chi connectivity index (χ1v) is 4.71. The predicted octanol–water partition coefficient (Wildman–Crippen LogP) is 1.57. The van der Waals surface area contributed by atoms with Crippen molar-refractivity contribution in [2.24, 2.45) is 5.92 Å². The molecule has 0 fully saturated rings. The Balaban J connectivity index is 2.16. The quantitative estimate of drug-likeness (QED) is 0.557. The van der Waals surface area contributed by atoms with Crippen molar-refractivity contribution in [2.45, 2.75) is 0 Å². The van der Waals surface area contributed by atoms with E-state index in [9.17, 15) is 0 Å². The third-order valence-corrected chi connectivity index (χ3v) is 2.49. The van der Waals surface area contributed by atoms with Gasteiger partial charge in [0.05, 0.1) is 12.9 Å². The van der Waals surface area contributed by atoms with Gasteiger partial charge in [0.1, 0.15) is 0 Å². The van der Waals surface area contributed by atoms with Crippen molar-refractivity contribution in [3.63, 3.8) is 0 Å². The smallest absolute Gasteiger partial charge is 0.1000 e. The van der Waals surface area contributed by atoms with E-state index in [1.807, 2.05) is 6.26 Å². The van der Waals surface area contributed by atoms with E-state index >= 15 is 0 Å². The lowest BCUT2D eigenvalue weighted by atomic mass is 9.95. The number of allylic oxidation sites excluding steroid dienone is 3. The average molecular weight is 177 g/mol. The Morgan fingerprint density at radius 3 is 3.31 bits per heavy atom. The minimum Gasteiger partial charge on any atom is -0.500 e. The second-order valence-corrected chi connectivity index (χ2v) is 3.60. The van der Waals surface area contributed by atoms with Gasteiger partial charge in [-0.15, -0.1) is 0 Å². The molecule has 0 bridgehead atoms. The van der Waals surface area contributed by atoms with E-state index in [1.165, 1.54) is 5.57 Å². The predicted molar refractivity (Wildman–Crippen MR) is 53.3 cm³/mol. The van der Waals surface area contributed by atoms with E-state index in [1.54, 1.807) is 0 Å². The first-order valence-electron chi connectivity index (χ1n) is 4.71. The van der Waals surface area contributed by atoms with E-state index in [-0.39, 0.29) is 0 Å². The molecule has 0 amide bonds. The first-order chi connectivity index (χ1) is 6.36. The number of hydrogen-bond donors (Lipinski definition) is 0. The van der Waals surface area contributed by atoms with Crippen LogP contribution in [-0.2, 0) is 4.74 Å². The average Bonchev–Trinajstić information content (AvgIpc) is 2.11. The molecule has 0 saturated heterocycles. The van der Waals surface area contributed by atoms with Crippen LogP contribution >= 0.6 is 0 Å².